The molecule has 1 saturated carbocycles. The Morgan fingerprint density at radius 1 is 1.44 bits per heavy atom. The van der Waals surface area contributed by atoms with Crippen molar-refractivity contribution in [1.82, 2.24) is 9.97 Å². The van der Waals surface area contributed by atoms with Gasteiger partial charge >= 0.3 is 0 Å². The lowest BCUT2D eigenvalue weighted by molar-refractivity contribution is 0.777. The van der Waals surface area contributed by atoms with Crippen LogP contribution >= 0.6 is 27.3 Å². The first-order valence-electron chi connectivity index (χ1n) is 6.02. The first-order chi connectivity index (χ1) is 8.72. The quantitative estimate of drug-likeness (QED) is 0.802. The second-order valence-electron chi connectivity index (χ2n) is 4.53. The molecular weight excluding hydrogens is 310 g/mol. The van der Waals surface area contributed by atoms with Crippen LogP contribution in [-0.2, 0) is 6.54 Å². The van der Waals surface area contributed by atoms with Crippen molar-refractivity contribution in [3.8, 4) is 0 Å². The summed E-state index contributed by atoms with van der Waals surface area (Å²) in [6, 6.07) is 6.95. The highest BCUT2D eigenvalue weighted by molar-refractivity contribution is 9.10. The molecule has 0 unspecified atom stereocenters. The van der Waals surface area contributed by atoms with E-state index in [2.05, 4.69) is 48.3 Å². The van der Waals surface area contributed by atoms with E-state index in [4.69, 9.17) is 0 Å². The van der Waals surface area contributed by atoms with Crippen molar-refractivity contribution in [2.45, 2.75) is 32.4 Å². The highest BCUT2D eigenvalue weighted by atomic mass is 79.9. The predicted molar refractivity (Wildman–Crippen MR) is 78.0 cm³/mol. The normalized spacial score (nSPS) is 14.8. The molecule has 0 saturated heterocycles. The summed E-state index contributed by atoms with van der Waals surface area (Å²) in [6.07, 6.45) is 2.54. The molecule has 2 heterocycles. The molecule has 0 spiro atoms. The molecule has 0 aromatic carbocycles. The SMILES string of the molecule is Cc1nc(Br)cc(N(Cc2cccs2)C2CC2)n1. The van der Waals surface area contributed by atoms with Crippen LogP contribution in [0.15, 0.2) is 28.2 Å². The molecule has 2 aromatic rings. The van der Waals surface area contributed by atoms with Gasteiger partial charge in [0.2, 0.25) is 0 Å². The minimum Gasteiger partial charge on any atom is -0.348 e. The molecule has 0 radical (unpaired) electrons. The van der Waals surface area contributed by atoms with Crippen LogP contribution < -0.4 is 4.90 Å². The molecule has 0 atom stereocenters. The summed E-state index contributed by atoms with van der Waals surface area (Å²) < 4.78 is 0.863. The van der Waals surface area contributed by atoms with Crippen LogP contribution in [0.3, 0.4) is 0 Å². The van der Waals surface area contributed by atoms with Crippen molar-refractivity contribution in [1.29, 1.82) is 0 Å². The summed E-state index contributed by atoms with van der Waals surface area (Å²) in [5.41, 5.74) is 0. The molecule has 1 fully saturated rings. The highest BCUT2D eigenvalue weighted by Crippen LogP contribution is 2.33. The smallest absolute Gasteiger partial charge is 0.133 e. The zero-order valence-corrected chi connectivity index (χ0v) is 12.5. The Morgan fingerprint density at radius 2 is 2.28 bits per heavy atom. The maximum absolute atomic E-state index is 4.57. The molecule has 0 N–H and O–H groups in total. The van der Waals surface area contributed by atoms with E-state index in [1.165, 1.54) is 17.7 Å². The van der Waals surface area contributed by atoms with Crippen molar-refractivity contribution in [2.24, 2.45) is 0 Å². The lowest BCUT2D eigenvalue weighted by Crippen LogP contribution is -2.25. The fourth-order valence-corrected chi connectivity index (χ4v) is 3.18. The third-order valence-corrected chi connectivity index (χ3v) is 4.25. The number of aromatic nitrogens is 2. The fourth-order valence-electron chi connectivity index (χ4n) is 2.02. The van der Waals surface area contributed by atoms with Gasteiger partial charge in [0.05, 0.1) is 6.54 Å². The second-order valence-corrected chi connectivity index (χ2v) is 6.38. The van der Waals surface area contributed by atoms with Crippen molar-refractivity contribution in [3.05, 3.63) is 38.9 Å². The Hall–Kier alpha value is -0.940. The van der Waals surface area contributed by atoms with Gasteiger partial charge in [-0.2, -0.15) is 0 Å². The lowest BCUT2D eigenvalue weighted by Gasteiger charge is -2.23. The summed E-state index contributed by atoms with van der Waals surface area (Å²) in [4.78, 5) is 12.6. The van der Waals surface area contributed by atoms with E-state index in [1.807, 2.05) is 13.0 Å². The minimum absolute atomic E-state index is 0.647. The van der Waals surface area contributed by atoms with Gasteiger partial charge in [0.25, 0.3) is 0 Å². The van der Waals surface area contributed by atoms with Gasteiger partial charge in [-0.25, -0.2) is 9.97 Å². The van der Waals surface area contributed by atoms with Crippen LogP contribution in [0.25, 0.3) is 0 Å². The van der Waals surface area contributed by atoms with Crippen LogP contribution in [-0.4, -0.2) is 16.0 Å². The largest absolute Gasteiger partial charge is 0.348 e. The highest BCUT2D eigenvalue weighted by Gasteiger charge is 2.30. The van der Waals surface area contributed by atoms with E-state index in [0.717, 1.165) is 22.8 Å². The molecule has 0 amide bonds. The van der Waals surface area contributed by atoms with Crippen molar-refractivity contribution in [2.75, 3.05) is 4.90 Å². The Labute approximate surface area is 119 Å². The van der Waals surface area contributed by atoms with E-state index in [0.29, 0.717) is 6.04 Å². The van der Waals surface area contributed by atoms with Crippen LogP contribution in [0.4, 0.5) is 5.82 Å². The van der Waals surface area contributed by atoms with Gasteiger partial charge < -0.3 is 4.90 Å². The van der Waals surface area contributed by atoms with Crippen LogP contribution in [0.1, 0.15) is 23.5 Å². The monoisotopic (exact) mass is 323 g/mol. The number of hydrogen-bond acceptors (Lipinski definition) is 4. The number of hydrogen-bond donors (Lipinski definition) is 0. The van der Waals surface area contributed by atoms with E-state index in [1.54, 1.807) is 11.3 Å². The van der Waals surface area contributed by atoms with Crippen LogP contribution in [0.2, 0.25) is 0 Å². The zero-order chi connectivity index (χ0) is 12.5. The topological polar surface area (TPSA) is 29.0 Å². The number of halogens is 1. The molecule has 2 aromatic heterocycles. The number of anilines is 1. The van der Waals surface area contributed by atoms with Gasteiger partial charge in [-0.05, 0) is 47.1 Å². The Kier molecular flexibility index (Phi) is 3.35. The summed E-state index contributed by atoms with van der Waals surface area (Å²) in [7, 11) is 0. The Morgan fingerprint density at radius 3 is 2.89 bits per heavy atom. The van der Waals surface area contributed by atoms with E-state index >= 15 is 0 Å². The van der Waals surface area contributed by atoms with Gasteiger partial charge in [-0.3, -0.25) is 0 Å². The number of thiophene rings is 1. The zero-order valence-electron chi connectivity index (χ0n) is 10.1. The van der Waals surface area contributed by atoms with Crippen molar-refractivity contribution >= 4 is 33.1 Å². The molecule has 18 heavy (non-hydrogen) atoms. The minimum atomic E-state index is 0.647. The van der Waals surface area contributed by atoms with E-state index in [-0.39, 0.29) is 0 Å². The summed E-state index contributed by atoms with van der Waals surface area (Å²) in [5.74, 6) is 1.85. The van der Waals surface area contributed by atoms with Gasteiger partial charge in [-0.15, -0.1) is 11.3 Å². The Bertz CT molecular complexity index is 517. The first kappa shape index (κ1) is 12.1. The molecule has 3 rings (SSSR count). The summed E-state index contributed by atoms with van der Waals surface area (Å²) >= 11 is 5.26. The average Bonchev–Trinajstić information content (AvgIpc) is 3.02. The molecule has 0 bridgehead atoms. The third-order valence-electron chi connectivity index (χ3n) is 2.98. The van der Waals surface area contributed by atoms with E-state index in [9.17, 15) is 0 Å². The summed E-state index contributed by atoms with van der Waals surface area (Å²) in [5, 5.41) is 2.13. The van der Waals surface area contributed by atoms with Crippen molar-refractivity contribution in [3.63, 3.8) is 0 Å². The molecular formula is C13H14BrN3S. The number of rotatable bonds is 4. The average molecular weight is 324 g/mol. The standard InChI is InChI=1S/C13H14BrN3S/c1-9-15-12(14)7-13(16-9)17(10-4-5-10)8-11-3-2-6-18-11/h2-3,6-7,10H,4-5,8H2,1H3. The van der Waals surface area contributed by atoms with Crippen molar-refractivity contribution < 1.29 is 0 Å². The van der Waals surface area contributed by atoms with Gasteiger partial charge in [-0.1, -0.05) is 6.07 Å². The van der Waals surface area contributed by atoms with Gasteiger partial charge in [0.1, 0.15) is 16.2 Å². The maximum Gasteiger partial charge on any atom is 0.133 e. The molecule has 5 heteroatoms. The summed E-state index contributed by atoms with van der Waals surface area (Å²) in [6.45, 7) is 2.88. The van der Waals surface area contributed by atoms with Gasteiger partial charge in [0, 0.05) is 17.0 Å². The molecule has 3 nitrogen and oxygen atoms in total. The predicted octanol–water partition coefficient (Wildman–Crippen LogP) is 3.78. The lowest BCUT2D eigenvalue weighted by atomic mass is 10.3. The number of nitrogens with zero attached hydrogens (tertiary/aromatic N) is 3. The molecule has 94 valence electrons. The van der Waals surface area contributed by atoms with Crippen LogP contribution in [0.5, 0.6) is 0 Å². The second kappa shape index (κ2) is 4.97. The van der Waals surface area contributed by atoms with E-state index < -0.39 is 0 Å². The Balaban J connectivity index is 1.89. The fraction of sp³-hybridized carbons (Fsp3) is 0.385. The molecule has 1 aliphatic rings. The van der Waals surface area contributed by atoms with Gasteiger partial charge in [0.15, 0.2) is 0 Å². The molecule has 1 aliphatic carbocycles. The third kappa shape index (κ3) is 2.72. The molecule has 0 aliphatic heterocycles. The maximum atomic E-state index is 4.57. The number of aryl methyl sites for hydroxylation is 1. The first-order valence-corrected chi connectivity index (χ1v) is 7.70. The van der Waals surface area contributed by atoms with Crippen LogP contribution in [0, 0.1) is 6.92 Å².